The average Bonchev–Trinajstić information content (AvgIpc) is 3.25. The van der Waals surface area contributed by atoms with E-state index in [0.29, 0.717) is 17.5 Å². The van der Waals surface area contributed by atoms with E-state index in [1.807, 2.05) is 6.07 Å². The van der Waals surface area contributed by atoms with Crippen LogP contribution in [0.25, 0.3) is 5.70 Å². The fraction of sp³-hybridized carbons (Fsp3) is 0.0455. The Kier molecular flexibility index (Phi) is 5.32. The molecule has 1 aromatic heterocycles. The third-order valence-electron chi connectivity index (χ3n) is 4.44. The SMILES string of the molecule is O=C(c1ccc(NC(=O)C2C=C(c3cccnc3)NO2)cc1)c1ccc(F)cc1F. The monoisotopic (exact) mass is 407 g/mol. The molecule has 1 aliphatic heterocycles. The van der Waals surface area contributed by atoms with Gasteiger partial charge in [-0.05, 0) is 54.6 Å². The number of hydroxylamine groups is 1. The molecule has 2 heterocycles. The van der Waals surface area contributed by atoms with E-state index in [1.165, 1.54) is 24.3 Å². The number of benzene rings is 2. The zero-order valence-corrected chi connectivity index (χ0v) is 15.4. The molecule has 30 heavy (non-hydrogen) atoms. The van der Waals surface area contributed by atoms with Gasteiger partial charge in [0.2, 0.25) is 0 Å². The molecule has 0 radical (unpaired) electrons. The summed E-state index contributed by atoms with van der Waals surface area (Å²) in [4.78, 5) is 34.1. The second-order valence-corrected chi connectivity index (χ2v) is 6.48. The van der Waals surface area contributed by atoms with Gasteiger partial charge in [0.25, 0.3) is 5.91 Å². The molecule has 2 aromatic carbocycles. The normalized spacial score (nSPS) is 15.3. The van der Waals surface area contributed by atoms with Gasteiger partial charge in [-0.25, -0.2) is 8.78 Å². The molecule has 1 aliphatic rings. The summed E-state index contributed by atoms with van der Waals surface area (Å²) in [6, 6.07) is 12.3. The highest BCUT2D eigenvalue weighted by molar-refractivity contribution is 6.09. The summed E-state index contributed by atoms with van der Waals surface area (Å²) in [5, 5.41) is 2.68. The van der Waals surface area contributed by atoms with Crippen LogP contribution in [0.4, 0.5) is 14.5 Å². The molecular formula is C22H15F2N3O3. The predicted octanol–water partition coefficient (Wildman–Crippen LogP) is 3.47. The molecule has 0 saturated carbocycles. The van der Waals surface area contributed by atoms with Gasteiger partial charge >= 0.3 is 0 Å². The molecule has 3 aromatic rings. The number of rotatable bonds is 5. The largest absolute Gasteiger partial charge is 0.323 e. The third-order valence-corrected chi connectivity index (χ3v) is 4.44. The van der Waals surface area contributed by atoms with Crippen LogP contribution in [0.3, 0.4) is 0 Å². The molecule has 4 rings (SSSR count). The van der Waals surface area contributed by atoms with Crippen LogP contribution in [-0.2, 0) is 9.63 Å². The average molecular weight is 407 g/mol. The second-order valence-electron chi connectivity index (χ2n) is 6.48. The van der Waals surface area contributed by atoms with Crippen LogP contribution in [-0.4, -0.2) is 22.8 Å². The maximum atomic E-state index is 13.8. The summed E-state index contributed by atoms with van der Waals surface area (Å²) in [6.07, 6.45) is 4.06. The predicted molar refractivity (Wildman–Crippen MR) is 105 cm³/mol. The first-order valence-electron chi connectivity index (χ1n) is 8.96. The lowest BCUT2D eigenvalue weighted by molar-refractivity contribution is -0.125. The van der Waals surface area contributed by atoms with Crippen molar-refractivity contribution in [2.45, 2.75) is 6.10 Å². The van der Waals surface area contributed by atoms with Crippen molar-refractivity contribution < 1.29 is 23.2 Å². The number of hydrogen-bond donors (Lipinski definition) is 2. The molecule has 1 unspecified atom stereocenters. The maximum absolute atomic E-state index is 13.8. The van der Waals surface area contributed by atoms with E-state index < -0.39 is 29.4 Å². The van der Waals surface area contributed by atoms with E-state index in [-0.39, 0.29) is 11.1 Å². The third kappa shape index (κ3) is 4.08. The number of ketones is 1. The zero-order chi connectivity index (χ0) is 21.1. The van der Waals surface area contributed by atoms with Crippen molar-refractivity contribution in [3.8, 4) is 0 Å². The van der Waals surface area contributed by atoms with E-state index >= 15 is 0 Å². The minimum absolute atomic E-state index is 0.205. The van der Waals surface area contributed by atoms with Crippen molar-refractivity contribution in [3.63, 3.8) is 0 Å². The molecule has 0 bridgehead atoms. The molecule has 0 saturated heterocycles. The van der Waals surface area contributed by atoms with Crippen LogP contribution < -0.4 is 10.8 Å². The number of halogens is 2. The Hall–Kier alpha value is -3.91. The van der Waals surface area contributed by atoms with Gasteiger partial charge in [-0.15, -0.1) is 0 Å². The van der Waals surface area contributed by atoms with E-state index in [1.54, 1.807) is 24.5 Å². The number of amides is 1. The summed E-state index contributed by atoms with van der Waals surface area (Å²) in [5.74, 6) is -2.69. The van der Waals surface area contributed by atoms with E-state index in [4.69, 9.17) is 4.84 Å². The van der Waals surface area contributed by atoms with E-state index in [2.05, 4.69) is 15.8 Å². The summed E-state index contributed by atoms with van der Waals surface area (Å²) in [7, 11) is 0. The standard InChI is InChI=1S/C22H15F2N3O3/c23-15-5-8-17(18(24)10-15)21(28)13-3-6-16(7-4-13)26-22(29)20-11-19(27-30-20)14-2-1-9-25-12-14/h1-12,20,27H,(H,26,29). The second kappa shape index (κ2) is 8.22. The van der Waals surface area contributed by atoms with Crippen molar-refractivity contribution in [2.24, 2.45) is 0 Å². The summed E-state index contributed by atoms with van der Waals surface area (Å²) in [6.45, 7) is 0. The van der Waals surface area contributed by atoms with Gasteiger partial charge in [-0.1, -0.05) is 0 Å². The van der Waals surface area contributed by atoms with Gasteiger partial charge in [-0.2, -0.15) is 0 Å². The zero-order valence-electron chi connectivity index (χ0n) is 15.4. The molecular weight excluding hydrogens is 392 g/mol. The first-order valence-corrected chi connectivity index (χ1v) is 8.96. The van der Waals surface area contributed by atoms with Crippen LogP contribution in [0.2, 0.25) is 0 Å². The Morgan fingerprint density at radius 1 is 1.07 bits per heavy atom. The summed E-state index contributed by atoms with van der Waals surface area (Å²) in [5.41, 5.74) is 4.51. The van der Waals surface area contributed by atoms with Crippen molar-refractivity contribution in [1.29, 1.82) is 0 Å². The van der Waals surface area contributed by atoms with Crippen LogP contribution >= 0.6 is 0 Å². The number of anilines is 1. The van der Waals surface area contributed by atoms with Crippen LogP contribution in [0, 0.1) is 11.6 Å². The van der Waals surface area contributed by atoms with Crippen LogP contribution in [0.1, 0.15) is 21.5 Å². The molecule has 6 nitrogen and oxygen atoms in total. The van der Waals surface area contributed by atoms with Crippen molar-refractivity contribution in [2.75, 3.05) is 5.32 Å². The smallest absolute Gasteiger partial charge is 0.260 e. The van der Waals surface area contributed by atoms with E-state index in [9.17, 15) is 18.4 Å². The number of nitrogens with zero attached hydrogens (tertiary/aromatic N) is 1. The highest BCUT2D eigenvalue weighted by atomic mass is 19.1. The molecule has 2 N–H and O–H groups in total. The number of hydrogen-bond acceptors (Lipinski definition) is 5. The maximum Gasteiger partial charge on any atom is 0.260 e. The molecule has 0 fully saturated rings. The molecule has 1 amide bonds. The fourth-order valence-corrected chi connectivity index (χ4v) is 2.90. The lowest BCUT2D eigenvalue weighted by Crippen LogP contribution is -2.28. The highest BCUT2D eigenvalue weighted by Crippen LogP contribution is 2.20. The van der Waals surface area contributed by atoms with Crippen LogP contribution in [0.5, 0.6) is 0 Å². The molecule has 0 aliphatic carbocycles. The van der Waals surface area contributed by atoms with Crippen molar-refractivity contribution in [3.05, 3.63) is 101 Å². The highest BCUT2D eigenvalue weighted by Gasteiger charge is 2.25. The molecule has 8 heteroatoms. The summed E-state index contributed by atoms with van der Waals surface area (Å²) < 4.78 is 26.8. The van der Waals surface area contributed by atoms with Gasteiger partial charge in [0.05, 0.1) is 11.3 Å². The minimum atomic E-state index is -0.931. The topological polar surface area (TPSA) is 80.3 Å². The number of nitrogens with one attached hydrogen (secondary N) is 2. The number of aromatic nitrogens is 1. The first kappa shape index (κ1) is 19.4. The van der Waals surface area contributed by atoms with Gasteiger partial charge in [0.1, 0.15) is 11.6 Å². The van der Waals surface area contributed by atoms with Gasteiger partial charge < -0.3 is 5.32 Å². The van der Waals surface area contributed by atoms with Crippen molar-refractivity contribution >= 4 is 23.1 Å². The Labute approximate surface area is 170 Å². The number of pyridine rings is 1. The van der Waals surface area contributed by atoms with Crippen LogP contribution in [0.15, 0.2) is 73.1 Å². The Morgan fingerprint density at radius 3 is 2.57 bits per heavy atom. The summed E-state index contributed by atoms with van der Waals surface area (Å²) >= 11 is 0. The fourth-order valence-electron chi connectivity index (χ4n) is 2.90. The lowest BCUT2D eigenvalue weighted by atomic mass is 10.0. The first-order chi connectivity index (χ1) is 14.5. The van der Waals surface area contributed by atoms with Crippen molar-refractivity contribution in [1.82, 2.24) is 10.5 Å². The Morgan fingerprint density at radius 2 is 1.87 bits per heavy atom. The molecule has 0 spiro atoms. The van der Waals surface area contributed by atoms with E-state index in [0.717, 1.165) is 17.7 Å². The quantitative estimate of drug-likeness (QED) is 0.633. The lowest BCUT2D eigenvalue weighted by Gasteiger charge is -2.09. The van der Waals surface area contributed by atoms with Gasteiger partial charge in [-0.3, -0.25) is 24.9 Å². The Bertz CT molecular complexity index is 1130. The Balaban J connectivity index is 1.43. The number of carbonyl (C=O) groups is 2. The minimum Gasteiger partial charge on any atom is -0.323 e. The molecule has 1 atom stereocenters. The van der Waals surface area contributed by atoms with Gasteiger partial charge in [0.15, 0.2) is 11.9 Å². The molecule has 150 valence electrons. The van der Waals surface area contributed by atoms with Gasteiger partial charge in [0, 0.05) is 35.3 Å². The number of carbonyl (C=O) groups excluding carboxylic acids is 2.